The fourth-order valence-corrected chi connectivity index (χ4v) is 4.86. The summed E-state index contributed by atoms with van der Waals surface area (Å²) in [5, 5.41) is 0.625. The number of aromatic nitrogens is 4. The summed E-state index contributed by atoms with van der Waals surface area (Å²) in [6, 6.07) is 13.4. The standard InChI is InChI=1S/C25H25ClN4O3/c1-16-6-3-7-17(2)21(16)30-23-22(24(31)29(25(30)32)14-20-10-5-11-33-20)28(15-27-23)13-18-8-4-9-19(26)12-18/h3-4,6-9,12,15,20H,5,10-11,13-14H2,1-2H3. The number of aryl methyl sites for hydroxylation is 2. The summed E-state index contributed by atoms with van der Waals surface area (Å²) in [4.78, 5) is 31.9. The van der Waals surface area contributed by atoms with E-state index >= 15 is 0 Å². The van der Waals surface area contributed by atoms with Gasteiger partial charge in [0, 0.05) is 18.2 Å². The molecule has 1 atom stereocenters. The van der Waals surface area contributed by atoms with Crippen LogP contribution in [0.5, 0.6) is 0 Å². The Morgan fingerprint density at radius 3 is 2.58 bits per heavy atom. The summed E-state index contributed by atoms with van der Waals surface area (Å²) >= 11 is 6.17. The van der Waals surface area contributed by atoms with Gasteiger partial charge in [0.2, 0.25) is 0 Å². The molecule has 0 spiro atoms. The normalized spacial score (nSPS) is 16.0. The van der Waals surface area contributed by atoms with E-state index in [4.69, 9.17) is 16.3 Å². The van der Waals surface area contributed by atoms with Crippen molar-refractivity contribution in [3.05, 3.63) is 91.3 Å². The quantitative estimate of drug-likeness (QED) is 0.450. The van der Waals surface area contributed by atoms with Crippen LogP contribution in [0.25, 0.3) is 16.9 Å². The van der Waals surface area contributed by atoms with Gasteiger partial charge in [0.15, 0.2) is 11.2 Å². The lowest BCUT2D eigenvalue weighted by atomic mass is 10.1. The van der Waals surface area contributed by atoms with Gasteiger partial charge in [-0.15, -0.1) is 0 Å². The molecule has 0 N–H and O–H groups in total. The third kappa shape index (κ3) is 3.92. The van der Waals surface area contributed by atoms with Crippen LogP contribution >= 0.6 is 11.6 Å². The minimum Gasteiger partial charge on any atom is -0.376 e. The monoisotopic (exact) mass is 464 g/mol. The van der Waals surface area contributed by atoms with Crippen molar-refractivity contribution in [3.63, 3.8) is 0 Å². The lowest BCUT2D eigenvalue weighted by Gasteiger charge is -2.17. The van der Waals surface area contributed by atoms with Crippen LogP contribution < -0.4 is 11.2 Å². The van der Waals surface area contributed by atoms with Crippen molar-refractivity contribution >= 4 is 22.8 Å². The van der Waals surface area contributed by atoms with Crippen LogP contribution in [0.15, 0.2) is 58.4 Å². The zero-order chi connectivity index (χ0) is 23.1. The van der Waals surface area contributed by atoms with Crippen LogP contribution in [0.1, 0.15) is 29.5 Å². The van der Waals surface area contributed by atoms with E-state index in [9.17, 15) is 9.59 Å². The van der Waals surface area contributed by atoms with E-state index in [1.165, 1.54) is 4.57 Å². The largest absolute Gasteiger partial charge is 0.376 e. The molecule has 2 aromatic heterocycles. The fourth-order valence-electron chi connectivity index (χ4n) is 4.64. The van der Waals surface area contributed by atoms with E-state index in [1.807, 2.05) is 56.3 Å². The summed E-state index contributed by atoms with van der Waals surface area (Å²) in [5.41, 5.74) is 3.55. The summed E-state index contributed by atoms with van der Waals surface area (Å²) in [7, 11) is 0. The van der Waals surface area contributed by atoms with Gasteiger partial charge >= 0.3 is 5.69 Å². The number of fused-ring (bicyclic) bond motifs is 1. The Morgan fingerprint density at radius 2 is 1.88 bits per heavy atom. The molecule has 33 heavy (non-hydrogen) atoms. The molecule has 0 aliphatic carbocycles. The summed E-state index contributed by atoms with van der Waals surface area (Å²) < 4.78 is 10.4. The van der Waals surface area contributed by atoms with Crippen molar-refractivity contribution in [1.82, 2.24) is 18.7 Å². The van der Waals surface area contributed by atoms with Crippen LogP contribution in [0.3, 0.4) is 0 Å². The minimum absolute atomic E-state index is 0.149. The first-order chi connectivity index (χ1) is 15.9. The highest BCUT2D eigenvalue weighted by Crippen LogP contribution is 2.22. The average Bonchev–Trinajstić information content (AvgIpc) is 3.43. The van der Waals surface area contributed by atoms with Crippen LogP contribution in [-0.4, -0.2) is 31.4 Å². The minimum atomic E-state index is -0.395. The van der Waals surface area contributed by atoms with Gasteiger partial charge in [-0.3, -0.25) is 9.36 Å². The number of hydrogen-bond donors (Lipinski definition) is 0. The Bertz CT molecular complexity index is 1440. The van der Waals surface area contributed by atoms with Crippen molar-refractivity contribution in [2.45, 2.75) is 45.9 Å². The average molecular weight is 465 g/mol. The first-order valence-electron chi connectivity index (χ1n) is 11.1. The molecule has 0 amide bonds. The SMILES string of the molecule is Cc1cccc(C)c1-n1c(=O)n(CC2CCCO2)c(=O)c2c1ncn2Cc1cccc(Cl)c1. The van der Waals surface area contributed by atoms with Gasteiger partial charge < -0.3 is 9.30 Å². The molecule has 1 unspecified atom stereocenters. The van der Waals surface area contributed by atoms with Crippen molar-refractivity contribution in [3.8, 4) is 5.69 Å². The van der Waals surface area contributed by atoms with Gasteiger partial charge in [0.1, 0.15) is 0 Å². The molecular formula is C25H25ClN4O3. The zero-order valence-electron chi connectivity index (χ0n) is 18.6. The Morgan fingerprint density at radius 1 is 1.12 bits per heavy atom. The lowest BCUT2D eigenvalue weighted by molar-refractivity contribution is 0.0950. The molecule has 1 aliphatic heterocycles. The second-order valence-electron chi connectivity index (χ2n) is 8.58. The van der Waals surface area contributed by atoms with Crippen molar-refractivity contribution in [1.29, 1.82) is 0 Å². The molecule has 2 aromatic carbocycles. The molecule has 0 radical (unpaired) electrons. The molecule has 5 rings (SSSR count). The smallest absolute Gasteiger partial charge is 0.337 e. The van der Waals surface area contributed by atoms with Crippen molar-refractivity contribution in [2.75, 3.05) is 6.61 Å². The molecule has 7 nitrogen and oxygen atoms in total. The molecule has 1 fully saturated rings. The van der Waals surface area contributed by atoms with Gasteiger partial charge in [-0.2, -0.15) is 0 Å². The molecule has 8 heteroatoms. The summed E-state index contributed by atoms with van der Waals surface area (Å²) in [6.45, 7) is 5.20. The summed E-state index contributed by atoms with van der Waals surface area (Å²) in [5.74, 6) is 0. The molecule has 1 aliphatic rings. The second-order valence-corrected chi connectivity index (χ2v) is 9.02. The van der Waals surface area contributed by atoms with E-state index in [1.54, 1.807) is 15.5 Å². The Hall–Kier alpha value is -3.16. The van der Waals surface area contributed by atoms with Crippen molar-refractivity contribution in [2.24, 2.45) is 0 Å². The molecule has 170 valence electrons. The lowest BCUT2D eigenvalue weighted by Crippen LogP contribution is -2.42. The maximum absolute atomic E-state index is 13.7. The van der Waals surface area contributed by atoms with E-state index in [2.05, 4.69) is 4.98 Å². The van der Waals surface area contributed by atoms with Gasteiger partial charge in [-0.25, -0.2) is 14.3 Å². The van der Waals surface area contributed by atoms with Crippen LogP contribution in [-0.2, 0) is 17.8 Å². The number of ether oxygens (including phenoxy) is 1. The number of hydrogen-bond acceptors (Lipinski definition) is 4. The molecule has 0 bridgehead atoms. The number of nitrogens with zero attached hydrogens (tertiary/aromatic N) is 4. The zero-order valence-corrected chi connectivity index (χ0v) is 19.4. The predicted molar refractivity (Wildman–Crippen MR) is 129 cm³/mol. The Kier molecular flexibility index (Phi) is 5.68. The molecule has 1 saturated heterocycles. The topological polar surface area (TPSA) is 71.1 Å². The van der Waals surface area contributed by atoms with Crippen LogP contribution in [0.2, 0.25) is 5.02 Å². The third-order valence-electron chi connectivity index (χ3n) is 6.22. The first-order valence-corrected chi connectivity index (χ1v) is 11.4. The van der Waals surface area contributed by atoms with Gasteiger partial charge in [-0.05, 0) is 55.5 Å². The van der Waals surface area contributed by atoms with E-state index < -0.39 is 5.69 Å². The third-order valence-corrected chi connectivity index (χ3v) is 6.45. The molecule has 0 saturated carbocycles. The number of imidazole rings is 1. The number of halogens is 1. The maximum atomic E-state index is 13.7. The Labute approximate surface area is 195 Å². The first kappa shape index (κ1) is 21.7. The van der Waals surface area contributed by atoms with Crippen molar-refractivity contribution < 1.29 is 4.74 Å². The van der Waals surface area contributed by atoms with Gasteiger partial charge in [-0.1, -0.05) is 41.9 Å². The van der Waals surface area contributed by atoms with Crippen LogP contribution in [0.4, 0.5) is 0 Å². The molecule has 3 heterocycles. The molecular weight excluding hydrogens is 440 g/mol. The number of para-hydroxylation sites is 1. The van der Waals surface area contributed by atoms with Crippen LogP contribution in [0, 0.1) is 13.8 Å². The van der Waals surface area contributed by atoms with E-state index in [0.29, 0.717) is 29.3 Å². The number of rotatable bonds is 5. The Balaban J connectivity index is 1.77. The number of benzene rings is 2. The second kappa shape index (κ2) is 8.65. The summed E-state index contributed by atoms with van der Waals surface area (Å²) in [6.07, 6.45) is 3.23. The van der Waals surface area contributed by atoms with E-state index in [-0.39, 0.29) is 18.2 Å². The highest BCUT2D eigenvalue weighted by molar-refractivity contribution is 6.30. The molecule has 4 aromatic rings. The highest BCUT2D eigenvalue weighted by atomic mass is 35.5. The van der Waals surface area contributed by atoms with Gasteiger partial charge in [0.05, 0.1) is 24.7 Å². The maximum Gasteiger partial charge on any atom is 0.337 e. The van der Waals surface area contributed by atoms with Gasteiger partial charge in [0.25, 0.3) is 5.56 Å². The highest BCUT2D eigenvalue weighted by Gasteiger charge is 2.24. The predicted octanol–water partition coefficient (Wildman–Crippen LogP) is 3.85. The van der Waals surface area contributed by atoms with E-state index in [0.717, 1.165) is 35.2 Å². The fraction of sp³-hybridized carbons (Fsp3) is 0.320.